The number of phenols is 1. The van der Waals surface area contributed by atoms with Gasteiger partial charge in [-0.05, 0) is 117 Å². The number of nitrogens with one attached hydrogen (secondary N) is 1. The number of likely N-dealkylation sites (tertiary alicyclic amines) is 1. The molecule has 1 aliphatic heterocycles. The van der Waals surface area contributed by atoms with E-state index in [9.17, 15) is 9.50 Å². The minimum absolute atomic E-state index is 0.288. The molecule has 0 unspecified atom stereocenters. The van der Waals surface area contributed by atoms with Gasteiger partial charge < -0.3 is 24.6 Å². The molecule has 7 heteroatoms. The Hall–Kier alpha value is -3.45. The van der Waals surface area contributed by atoms with E-state index in [2.05, 4.69) is 16.3 Å². The van der Waals surface area contributed by atoms with Gasteiger partial charge >= 0.3 is 0 Å². The number of fused-ring (bicyclic) bond motifs is 1. The summed E-state index contributed by atoms with van der Waals surface area (Å²) in [6.45, 7) is 4.34. The number of hydrogen-bond donors (Lipinski definition) is 2. The van der Waals surface area contributed by atoms with Crippen molar-refractivity contribution in [3.05, 3.63) is 76.6 Å². The maximum atomic E-state index is 14.8. The molecular formula is C35H45FN2O4. The van der Waals surface area contributed by atoms with Gasteiger partial charge in [-0.2, -0.15) is 0 Å². The van der Waals surface area contributed by atoms with Gasteiger partial charge in [0.2, 0.25) is 0 Å². The number of aromatic hydroxyl groups is 1. The van der Waals surface area contributed by atoms with Crippen LogP contribution in [-0.2, 0) is 19.3 Å². The Bertz CT molecular complexity index is 1320. The van der Waals surface area contributed by atoms with Gasteiger partial charge in [0.05, 0.1) is 14.2 Å². The molecule has 1 atom stereocenters. The minimum atomic E-state index is -0.288. The summed E-state index contributed by atoms with van der Waals surface area (Å²) in [5, 5.41) is 13.5. The zero-order valence-electron chi connectivity index (χ0n) is 25.1. The van der Waals surface area contributed by atoms with E-state index in [1.54, 1.807) is 32.4 Å². The summed E-state index contributed by atoms with van der Waals surface area (Å²) in [6.07, 6.45) is 9.54. The molecule has 0 spiro atoms. The average molecular weight is 577 g/mol. The Balaban J connectivity index is 1.17. The normalized spacial score (nSPS) is 17.3. The second kappa shape index (κ2) is 14.6. The quantitative estimate of drug-likeness (QED) is 0.224. The Morgan fingerprint density at radius 2 is 1.69 bits per heavy atom. The van der Waals surface area contributed by atoms with Crippen LogP contribution in [0.4, 0.5) is 10.1 Å². The Morgan fingerprint density at radius 3 is 2.45 bits per heavy atom. The molecule has 2 N–H and O–H groups in total. The van der Waals surface area contributed by atoms with Crippen LogP contribution in [0.2, 0.25) is 0 Å². The van der Waals surface area contributed by atoms with E-state index in [1.165, 1.54) is 42.4 Å². The van der Waals surface area contributed by atoms with E-state index in [-0.39, 0.29) is 5.82 Å². The van der Waals surface area contributed by atoms with Gasteiger partial charge in [-0.1, -0.05) is 25.0 Å². The van der Waals surface area contributed by atoms with Crippen LogP contribution < -0.4 is 19.5 Å². The van der Waals surface area contributed by atoms with Gasteiger partial charge in [0, 0.05) is 24.8 Å². The van der Waals surface area contributed by atoms with E-state index >= 15 is 0 Å². The first-order valence-electron chi connectivity index (χ1n) is 15.5. The molecule has 0 saturated carbocycles. The number of nitrogens with zero attached hydrogens (tertiary/aromatic N) is 1. The lowest BCUT2D eigenvalue weighted by molar-refractivity contribution is 0.209. The first-order chi connectivity index (χ1) is 20.5. The highest BCUT2D eigenvalue weighted by atomic mass is 19.1. The lowest BCUT2D eigenvalue weighted by Gasteiger charge is -2.28. The fourth-order valence-electron chi connectivity index (χ4n) is 6.37. The number of methoxy groups -OCH3 is 2. The fraction of sp³-hybridized carbons (Fsp3) is 0.486. The molecule has 3 aromatic rings. The topological polar surface area (TPSA) is 63.2 Å². The molecule has 0 amide bonds. The maximum absolute atomic E-state index is 14.8. The highest BCUT2D eigenvalue weighted by molar-refractivity contribution is 5.62. The van der Waals surface area contributed by atoms with Crippen LogP contribution in [0.5, 0.6) is 23.0 Å². The maximum Gasteiger partial charge on any atom is 0.165 e. The van der Waals surface area contributed by atoms with Crippen molar-refractivity contribution in [3.8, 4) is 23.0 Å². The highest BCUT2D eigenvalue weighted by Gasteiger charge is 2.24. The molecule has 42 heavy (non-hydrogen) atoms. The van der Waals surface area contributed by atoms with Crippen LogP contribution in [0.25, 0.3) is 0 Å². The molecule has 5 rings (SSSR count). The zero-order valence-corrected chi connectivity index (χ0v) is 25.1. The third-order valence-electron chi connectivity index (χ3n) is 8.73. The predicted molar refractivity (Wildman–Crippen MR) is 166 cm³/mol. The average Bonchev–Trinajstić information content (AvgIpc) is 3.28. The molecule has 1 aliphatic carbocycles. The van der Waals surface area contributed by atoms with Gasteiger partial charge in [-0.25, -0.2) is 4.39 Å². The summed E-state index contributed by atoms with van der Waals surface area (Å²) in [7, 11) is 3.32. The molecule has 0 radical (unpaired) electrons. The smallest absolute Gasteiger partial charge is 0.165 e. The number of phenolic OH excluding ortho intramolecular Hbond substituents is 1. The van der Waals surface area contributed by atoms with E-state index in [0.717, 1.165) is 75.3 Å². The molecule has 226 valence electrons. The minimum Gasteiger partial charge on any atom is -0.508 e. The van der Waals surface area contributed by atoms with Crippen LogP contribution in [0, 0.1) is 5.82 Å². The first kappa shape index (κ1) is 30.0. The number of benzene rings is 3. The van der Waals surface area contributed by atoms with Crippen molar-refractivity contribution in [1.29, 1.82) is 0 Å². The van der Waals surface area contributed by atoms with Crippen LogP contribution in [0.1, 0.15) is 66.7 Å². The van der Waals surface area contributed by atoms with Crippen LogP contribution >= 0.6 is 0 Å². The van der Waals surface area contributed by atoms with Crippen molar-refractivity contribution in [2.24, 2.45) is 0 Å². The van der Waals surface area contributed by atoms with Crippen LogP contribution in [0.3, 0.4) is 0 Å². The zero-order chi connectivity index (χ0) is 29.3. The van der Waals surface area contributed by atoms with Crippen molar-refractivity contribution >= 4 is 5.69 Å². The van der Waals surface area contributed by atoms with E-state index in [0.29, 0.717) is 29.8 Å². The molecular weight excluding hydrogens is 531 g/mol. The fourth-order valence-corrected chi connectivity index (χ4v) is 6.37. The molecule has 2 aliphatic rings. The monoisotopic (exact) mass is 576 g/mol. The van der Waals surface area contributed by atoms with Crippen LogP contribution in [0.15, 0.2) is 48.5 Å². The van der Waals surface area contributed by atoms with Gasteiger partial charge in [-0.3, -0.25) is 4.90 Å². The lowest BCUT2D eigenvalue weighted by Crippen LogP contribution is -2.29. The summed E-state index contributed by atoms with van der Waals surface area (Å²) in [4.78, 5) is 2.43. The Kier molecular flexibility index (Phi) is 10.5. The van der Waals surface area contributed by atoms with Gasteiger partial charge in [0.1, 0.15) is 12.4 Å². The predicted octanol–water partition coefficient (Wildman–Crippen LogP) is 7.12. The van der Waals surface area contributed by atoms with Gasteiger partial charge in [0.25, 0.3) is 0 Å². The highest BCUT2D eigenvalue weighted by Crippen LogP contribution is 2.42. The number of rotatable bonds is 12. The second-order valence-electron chi connectivity index (χ2n) is 11.6. The standard InChI is InChI=1S/C35H45FN2O4/c1-40-34-23-30(28-11-10-27-22-29(39)13-12-26(27)21-28)32(24-35(34)41-2)37-15-7-8-25-9-14-33(31(36)20-25)42-19-18-38-16-5-3-4-6-17-38/h9,12-14,20,22-24,28,37,39H,3-8,10-11,15-19,21H2,1-2H3/t28-/m1/s1. The number of halogens is 1. The molecule has 1 saturated heterocycles. The molecule has 6 nitrogen and oxygen atoms in total. The van der Waals surface area contributed by atoms with Crippen molar-refractivity contribution in [3.63, 3.8) is 0 Å². The SMILES string of the molecule is COc1cc(NCCCc2ccc(OCCN3CCCCCC3)c(F)c2)c([C@@H]2CCc3cc(O)ccc3C2)cc1OC. The summed E-state index contributed by atoms with van der Waals surface area (Å²) < 4.78 is 31.8. The number of hydrogen-bond acceptors (Lipinski definition) is 6. The van der Waals surface area contributed by atoms with Crippen molar-refractivity contribution in [2.75, 3.05) is 52.3 Å². The number of anilines is 1. The van der Waals surface area contributed by atoms with E-state index in [1.807, 2.05) is 24.3 Å². The van der Waals surface area contributed by atoms with E-state index in [4.69, 9.17) is 14.2 Å². The Morgan fingerprint density at radius 1 is 0.905 bits per heavy atom. The third kappa shape index (κ3) is 7.68. The van der Waals surface area contributed by atoms with Crippen molar-refractivity contribution in [1.82, 2.24) is 4.90 Å². The van der Waals surface area contributed by atoms with Crippen molar-refractivity contribution in [2.45, 2.75) is 63.7 Å². The summed E-state index contributed by atoms with van der Waals surface area (Å²) in [5.74, 6) is 2.11. The molecule has 3 aromatic carbocycles. The summed E-state index contributed by atoms with van der Waals surface area (Å²) in [5.41, 5.74) is 5.72. The molecule has 0 bridgehead atoms. The summed E-state index contributed by atoms with van der Waals surface area (Å²) in [6, 6.07) is 15.2. The largest absolute Gasteiger partial charge is 0.508 e. The Labute approximate surface area is 249 Å². The first-order valence-corrected chi connectivity index (χ1v) is 15.5. The molecule has 1 heterocycles. The van der Waals surface area contributed by atoms with Gasteiger partial charge in [0.15, 0.2) is 23.1 Å². The van der Waals surface area contributed by atoms with Crippen LogP contribution in [-0.4, -0.2) is 57.0 Å². The molecule has 1 fully saturated rings. The van der Waals surface area contributed by atoms with Gasteiger partial charge in [-0.15, -0.1) is 0 Å². The third-order valence-corrected chi connectivity index (χ3v) is 8.73. The number of ether oxygens (including phenoxy) is 3. The summed E-state index contributed by atoms with van der Waals surface area (Å²) >= 11 is 0. The van der Waals surface area contributed by atoms with Crippen molar-refractivity contribution < 1.29 is 23.7 Å². The second-order valence-corrected chi connectivity index (χ2v) is 11.6. The number of aryl methyl sites for hydroxylation is 2. The lowest BCUT2D eigenvalue weighted by atomic mass is 9.79. The molecule has 0 aromatic heterocycles. The van der Waals surface area contributed by atoms with E-state index < -0.39 is 0 Å².